The molecule has 0 spiro atoms. The summed E-state index contributed by atoms with van der Waals surface area (Å²) in [5, 5.41) is 5.09. The van der Waals surface area contributed by atoms with E-state index < -0.39 is 0 Å². The van der Waals surface area contributed by atoms with Gasteiger partial charge in [0.2, 0.25) is 0 Å². The fourth-order valence-electron chi connectivity index (χ4n) is 20.8. The molecule has 12 aromatic carbocycles. The molecule has 111 heavy (non-hydrogen) atoms. The van der Waals surface area contributed by atoms with E-state index in [9.17, 15) is 0 Å². The second kappa shape index (κ2) is 24.2. The zero-order valence-corrected chi connectivity index (χ0v) is 70.2. The quantitative estimate of drug-likeness (QED) is 0.148. The van der Waals surface area contributed by atoms with Crippen molar-refractivity contribution >= 4 is 101 Å². The lowest BCUT2D eigenvalue weighted by atomic mass is 9.33. The van der Waals surface area contributed by atoms with Gasteiger partial charge in [0.15, 0.2) is 0 Å². The van der Waals surface area contributed by atoms with Gasteiger partial charge in [-0.1, -0.05) is 287 Å². The Kier molecular flexibility index (Phi) is 15.8. The summed E-state index contributed by atoms with van der Waals surface area (Å²) < 4.78 is 5.18. The van der Waals surface area contributed by atoms with Crippen molar-refractivity contribution in [3.05, 3.63) is 281 Å². The molecule has 0 unspecified atom stereocenters. The number of hydrogen-bond acceptors (Lipinski definition) is 2. The minimum Gasteiger partial charge on any atom is -0.311 e. The third-order valence-corrected chi connectivity index (χ3v) is 26.2. The van der Waals surface area contributed by atoms with Crippen molar-refractivity contribution in [2.24, 2.45) is 0 Å². The van der Waals surface area contributed by atoms with Gasteiger partial charge < -0.3 is 18.9 Å². The summed E-state index contributed by atoms with van der Waals surface area (Å²) in [6, 6.07) is 92.3. The largest absolute Gasteiger partial charge is 0.311 e. The first-order chi connectivity index (χ1) is 52.1. The number of benzene rings is 12. The molecule has 0 atom stereocenters. The van der Waals surface area contributed by atoms with Gasteiger partial charge in [-0.2, -0.15) is 0 Å². The Morgan fingerprint density at radius 3 is 1.00 bits per heavy atom. The van der Waals surface area contributed by atoms with Crippen molar-refractivity contribution in [2.75, 3.05) is 9.80 Å². The Morgan fingerprint density at radius 1 is 0.270 bits per heavy atom. The molecule has 558 valence electrons. The molecule has 0 N–H and O–H groups in total. The summed E-state index contributed by atoms with van der Waals surface area (Å²) in [7, 11) is 0. The van der Waals surface area contributed by atoms with E-state index in [2.05, 4.69) is 409 Å². The predicted octanol–water partition coefficient (Wildman–Crippen LogP) is 27.4. The van der Waals surface area contributed by atoms with E-state index in [0.717, 1.165) is 52.7 Å². The van der Waals surface area contributed by atoms with Gasteiger partial charge in [-0.3, -0.25) is 0 Å². The Morgan fingerprint density at radius 2 is 0.604 bits per heavy atom. The number of rotatable bonds is 7. The third-order valence-electron chi connectivity index (χ3n) is 26.2. The summed E-state index contributed by atoms with van der Waals surface area (Å²) in [4.78, 5) is 5.32. The van der Waals surface area contributed by atoms with Gasteiger partial charge in [0.25, 0.3) is 6.71 Å². The second-order valence-electron chi connectivity index (χ2n) is 41.4. The highest BCUT2D eigenvalue weighted by molar-refractivity contribution is 7.00. The molecule has 5 heteroatoms. The van der Waals surface area contributed by atoms with Crippen molar-refractivity contribution in [3.8, 4) is 44.8 Å². The van der Waals surface area contributed by atoms with E-state index in [0.29, 0.717) is 0 Å². The molecule has 2 aliphatic carbocycles. The van der Waals surface area contributed by atoms with Crippen LogP contribution in [0, 0.1) is 0 Å². The summed E-state index contributed by atoms with van der Waals surface area (Å²) in [6.45, 7) is 54.4. The number of hydrogen-bond donors (Lipinski definition) is 0. The Balaban J connectivity index is 0.950. The maximum atomic E-state index is 2.67. The molecule has 0 saturated heterocycles. The number of aromatic nitrogens is 2. The highest BCUT2D eigenvalue weighted by Crippen LogP contribution is 2.55. The number of nitrogens with zero attached hydrogens (tertiary/aromatic N) is 4. The van der Waals surface area contributed by atoms with E-state index >= 15 is 0 Å². The lowest BCUT2D eigenvalue weighted by Gasteiger charge is -2.45. The smallest absolute Gasteiger partial charge is 0.252 e. The van der Waals surface area contributed by atoms with Crippen LogP contribution in [0.4, 0.5) is 34.1 Å². The molecule has 4 aliphatic rings. The Bertz CT molecular complexity index is 6080. The average molecular weight is 1450 g/mol. The lowest BCUT2D eigenvalue weighted by Crippen LogP contribution is -2.61. The van der Waals surface area contributed by atoms with E-state index in [4.69, 9.17) is 0 Å². The molecule has 0 fully saturated rings. The highest BCUT2D eigenvalue weighted by atomic mass is 15.2. The zero-order chi connectivity index (χ0) is 78.3. The van der Waals surface area contributed by atoms with Gasteiger partial charge in [0, 0.05) is 61.4 Å². The Hall–Kier alpha value is -10.1. The zero-order valence-electron chi connectivity index (χ0n) is 70.2. The molecule has 4 nitrogen and oxygen atoms in total. The maximum absolute atomic E-state index is 2.67. The van der Waals surface area contributed by atoms with Crippen LogP contribution in [-0.2, 0) is 48.7 Å². The Labute approximate surface area is 661 Å². The van der Waals surface area contributed by atoms with Crippen LogP contribution in [0.3, 0.4) is 0 Å². The fourth-order valence-corrected chi connectivity index (χ4v) is 20.8. The van der Waals surface area contributed by atoms with Crippen LogP contribution >= 0.6 is 0 Å². The van der Waals surface area contributed by atoms with Crippen LogP contribution in [-0.4, -0.2) is 15.8 Å². The third kappa shape index (κ3) is 11.6. The first-order valence-electron chi connectivity index (χ1n) is 41.0. The van der Waals surface area contributed by atoms with Crippen LogP contribution in [0.5, 0.6) is 0 Å². The summed E-state index contributed by atoms with van der Waals surface area (Å²) in [5.41, 5.74) is 37.6. The standard InChI is InChI=1S/C106H111BN4/c1-98(2,3)69-35-48-89-78(55-69)79-56-70(99(4,5)6)36-49-90(79)110(89)75-43-47-88-94(59-75)109(74-41-30-65(31-42-74)67-33-45-84-86(53-67)106(22,23)63-104(84,18)19)96-61-76(111-91-50-37-71(100(7,8)9)57-80(91)81-58-72(101(10,11)12)38-51-92(81)111)60-95-97(96)107(88)87-46-34-68(77-26-24-25-27-82(77)102(13,14)15)54-93(87)108(95)73-39-28-64(29-40-73)66-32-44-83-85(52-66)105(20,21)62-103(83,16)17/h24-61H,62-63H2,1-23H3. The van der Waals surface area contributed by atoms with Crippen LogP contribution < -0.4 is 26.2 Å². The second-order valence-corrected chi connectivity index (χ2v) is 41.4. The average Bonchev–Trinajstić information content (AvgIpc) is 1.30. The molecular weight excluding hydrogens is 1340 g/mol. The van der Waals surface area contributed by atoms with Crippen molar-refractivity contribution in [1.29, 1.82) is 0 Å². The van der Waals surface area contributed by atoms with Gasteiger partial charge in [-0.15, -0.1) is 0 Å². The van der Waals surface area contributed by atoms with Gasteiger partial charge in [-0.05, 0) is 265 Å². The van der Waals surface area contributed by atoms with Crippen molar-refractivity contribution in [1.82, 2.24) is 9.13 Å². The van der Waals surface area contributed by atoms with E-state index in [1.165, 1.54) is 149 Å². The van der Waals surface area contributed by atoms with E-state index in [1.54, 1.807) is 0 Å². The SMILES string of the molecule is CC(C)(C)c1ccc2c(c1)c1cc(C(C)(C)C)ccc1n2-c1ccc2c(c1)N(c1ccc(-c3ccc4c(c3)C(C)(C)CC4(C)C)cc1)c1cc(-n3c4ccc(C(C)(C)C)cc4c4cc(C(C)(C)C)ccc43)cc3c1B2c1ccc(-c2ccccc2C(C)(C)C)cc1N3c1ccc(-c2ccc3c(c2)C(C)(C)CC3(C)C)cc1. The topological polar surface area (TPSA) is 16.3 Å². The van der Waals surface area contributed by atoms with Crippen LogP contribution in [0.1, 0.15) is 222 Å². The van der Waals surface area contributed by atoms with Gasteiger partial charge in [0.05, 0.1) is 27.8 Å². The highest BCUT2D eigenvalue weighted by Gasteiger charge is 2.47. The molecule has 2 aromatic heterocycles. The first kappa shape index (κ1) is 72.4. The first-order valence-corrected chi connectivity index (χ1v) is 41.0. The number of anilines is 6. The van der Waals surface area contributed by atoms with Crippen LogP contribution in [0.2, 0.25) is 0 Å². The maximum Gasteiger partial charge on any atom is 0.252 e. The summed E-state index contributed by atoms with van der Waals surface area (Å²) in [5.74, 6) is 0. The normalized spacial score (nSPS) is 16.2. The molecular formula is C106H111BN4. The number of fused-ring (bicyclic) bond motifs is 12. The van der Waals surface area contributed by atoms with E-state index in [-0.39, 0.29) is 55.4 Å². The van der Waals surface area contributed by atoms with Crippen LogP contribution in [0.25, 0.3) is 88.4 Å². The summed E-state index contributed by atoms with van der Waals surface area (Å²) in [6.07, 6.45) is 2.25. The van der Waals surface area contributed by atoms with Crippen molar-refractivity contribution in [3.63, 3.8) is 0 Å². The molecule has 0 bridgehead atoms. The van der Waals surface area contributed by atoms with Gasteiger partial charge in [0.1, 0.15) is 0 Å². The lowest BCUT2D eigenvalue weighted by molar-refractivity contribution is 0.402. The minimum atomic E-state index is -0.178. The van der Waals surface area contributed by atoms with Crippen molar-refractivity contribution in [2.45, 2.75) is 221 Å². The molecule has 14 aromatic rings. The monoisotopic (exact) mass is 1450 g/mol. The minimum absolute atomic E-state index is 0.0427. The van der Waals surface area contributed by atoms with Gasteiger partial charge >= 0.3 is 0 Å². The molecule has 0 radical (unpaired) electrons. The molecule has 0 saturated carbocycles. The van der Waals surface area contributed by atoms with Crippen LogP contribution in [0.15, 0.2) is 231 Å². The van der Waals surface area contributed by atoms with E-state index in [1.807, 2.05) is 0 Å². The fraction of sp³-hybridized carbons (Fsp3) is 0.321. The molecule has 4 heterocycles. The summed E-state index contributed by atoms with van der Waals surface area (Å²) >= 11 is 0. The predicted molar refractivity (Wildman–Crippen MR) is 480 cm³/mol. The van der Waals surface area contributed by atoms with Gasteiger partial charge in [-0.25, -0.2) is 0 Å². The van der Waals surface area contributed by atoms with Crippen molar-refractivity contribution < 1.29 is 0 Å². The molecule has 2 aliphatic heterocycles. The molecule has 0 amide bonds. The molecule has 18 rings (SSSR count).